The third kappa shape index (κ3) is 3.11. The number of fused-ring (bicyclic) bond motifs is 1. The minimum absolute atomic E-state index is 0.252. The molecule has 2 N–H and O–H groups in total. The van der Waals surface area contributed by atoms with Gasteiger partial charge >= 0.3 is 0 Å². The monoisotopic (exact) mass is 258 g/mol. The van der Waals surface area contributed by atoms with Crippen LogP contribution < -0.4 is 5.73 Å². The van der Waals surface area contributed by atoms with Gasteiger partial charge in [0.2, 0.25) is 0 Å². The predicted octanol–water partition coefficient (Wildman–Crippen LogP) is 3.19. The lowest BCUT2D eigenvalue weighted by Gasteiger charge is -2.27. The molecule has 0 amide bonds. The molecule has 0 radical (unpaired) electrons. The van der Waals surface area contributed by atoms with Crippen molar-refractivity contribution in [3.05, 3.63) is 41.6 Å². The topological polar surface area (TPSA) is 48.1 Å². The molecule has 1 heterocycles. The van der Waals surface area contributed by atoms with E-state index in [0.717, 1.165) is 23.0 Å². The summed E-state index contributed by atoms with van der Waals surface area (Å²) >= 11 is 0. The maximum absolute atomic E-state index is 6.02. The molecule has 0 aliphatic rings. The smallest absolute Gasteiger partial charge is 0.0778 e. The third-order valence-corrected chi connectivity index (χ3v) is 3.69. The van der Waals surface area contributed by atoms with Crippen molar-refractivity contribution < 1.29 is 4.74 Å². The zero-order valence-corrected chi connectivity index (χ0v) is 11.9. The molecule has 0 spiro atoms. The fraction of sp³-hybridized carbons (Fsp3) is 0.438. The van der Waals surface area contributed by atoms with Crippen LogP contribution >= 0.6 is 0 Å². The number of pyridine rings is 1. The van der Waals surface area contributed by atoms with Crippen LogP contribution in [0.4, 0.5) is 0 Å². The maximum Gasteiger partial charge on any atom is 0.0778 e. The van der Waals surface area contributed by atoms with Crippen molar-refractivity contribution >= 4 is 10.9 Å². The van der Waals surface area contributed by atoms with Crippen molar-refractivity contribution in [2.24, 2.45) is 5.73 Å². The second kappa shape index (κ2) is 5.68. The Labute approximate surface area is 114 Å². The minimum Gasteiger partial charge on any atom is -0.369 e. The van der Waals surface area contributed by atoms with Crippen LogP contribution in [0.2, 0.25) is 0 Å². The Morgan fingerprint density at radius 2 is 2.05 bits per heavy atom. The number of hydrogen-bond acceptors (Lipinski definition) is 3. The Kier molecular flexibility index (Phi) is 4.17. The summed E-state index contributed by atoms with van der Waals surface area (Å²) in [4.78, 5) is 4.54. The molecule has 1 unspecified atom stereocenters. The molecule has 1 aromatic carbocycles. The third-order valence-electron chi connectivity index (χ3n) is 3.69. The molecular formula is C16H22N2O. The van der Waals surface area contributed by atoms with Crippen LogP contribution in [0, 0.1) is 6.92 Å². The molecule has 102 valence electrons. The minimum atomic E-state index is -0.252. The molecule has 2 aromatic rings. The lowest BCUT2D eigenvalue weighted by atomic mass is 10.0. The highest BCUT2D eigenvalue weighted by Crippen LogP contribution is 2.22. The SMILES string of the molecule is CCC(C)(CN)OCc1cc(C)nc2ccccc12. The second-order valence-corrected chi connectivity index (χ2v) is 5.24. The van der Waals surface area contributed by atoms with E-state index in [1.54, 1.807) is 0 Å². The molecule has 1 aromatic heterocycles. The number of benzene rings is 1. The number of ether oxygens (including phenoxy) is 1. The van der Waals surface area contributed by atoms with Crippen LogP contribution in [-0.4, -0.2) is 17.1 Å². The van der Waals surface area contributed by atoms with Gasteiger partial charge in [-0.3, -0.25) is 4.98 Å². The van der Waals surface area contributed by atoms with Crippen molar-refractivity contribution in [3.8, 4) is 0 Å². The first-order valence-electron chi connectivity index (χ1n) is 6.77. The molecule has 0 aliphatic heterocycles. The van der Waals surface area contributed by atoms with Gasteiger partial charge in [-0.1, -0.05) is 25.1 Å². The van der Waals surface area contributed by atoms with Gasteiger partial charge in [0.1, 0.15) is 0 Å². The first-order valence-corrected chi connectivity index (χ1v) is 6.77. The zero-order valence-electron chi connectivity index (χ0n) is 11.9. The van der Waals surface area contributed by atoms with Gasteiger partial charge in [0, 0.05) is 17.6 Å². The molecule has 3 nitrogen and oxygen atoms in total. The first-order chi connectivity index (χ1) is 9.08. The largest absolute Gasteiger partial charge is 0.369 e. The average molecular weight is 258 g/mol. The summed E-state index contributed by atoms with van der Waals surface area (Å²) in [6.45, 7) is 7.28. The Bertz CT molecular complexity index is 562. The van der Waals surface area contributed by atoms with Gasteiger partial charge in [-0.2, -0.15) is 0 Å². The van der Waals surface area contributed by atoms with Gasteiger partial charge in [-0.25, -0.2) is 0 Å². The predicted molar refractivity (Wildman–Crippen MR) is 79.0 cm³/mol. The number of nitrogens with zero attached hydrogens (tertiary/aromatic N) is 1. The lowest BCUT2D eigenvalue weighted by Crippen LogP contribution is -2.36. The maximum atomic E-state index is 6.02. The molecule has 0 bridgehead atoms. The Morgan fingerprint density at radius 3 is 2.74 bits per heavy atom. The van der Waals surface area contributed by atoms with Gasteiger partial charge < -0.3 is 10.5 Å². The number of para-hydroxylation sites is 1. The normalized spacial score (nSPS) is 14.5. The number of aromatic nitrogens is 1. The van der Waals surface area contributed by atoms with E-state index in [2.05, 4.69) is 31.0 Å². The number of nitrogens with two attached hydrogens (primary N) is 1. The van der Waals surface area contributed by atoms with Gasteiger partial charge in [0.15, 0.2) is 0 Å². The fourth-order valence-corrected chi connectivity index (χ4v) is 2.07. The fourth-order valence-electron chi connectivity index (χ4n) is 2.07. The van der Waals surface area contributed by atoms with E-state index in [9.17, 15) is 0 Å². The molecule has 0 aliphatic carbocycles. The standard InChI is InChI=1S/C16H22N2O/c1-4-16(3,11-17)19-10-13-9-12(2)18-15-8-6-5-7-14(13)15/h5-9H,4,10-11,17H2,1-3H3. The highest BCUT2D eigenvalue weighted by atomic mass is 16.5. The van der Waals surface area contributed by atoms with Crippen molar-refractivity contribution in [3.63, 3.8) is 0 Å². The van der Waals surface area contributed by atoms with Crippen molar-refractivity contribution in [1.82, 2.24) is 4.98 Å². The van der Waals surface area contributed by atoms with E-state index < -0.39 is 0 Å². The Balaban J connectivity index is 2.30. The van der Waals surface area contributed by atoms with Gasteiger partial charge in [0.25, 0.3) is 0 Å². The van der Waals surface area contributed by atoms with E-state index >= 15 is 0 Å². The first kappa shape index (κ1) is 14.0. The van der Waals surface area contributed by atoms with E-state index in [-0.39, 0.29) is 5.60 Å². The number of aryl methyl sites for hydroxylation is 1. The van der Waals surface area contributed by atoms with Gasteiger partial charge in [-0.15, -0.1) is 0 Å². The summed E-state index contributed by atoms with van der Waals surface area (Å²) in [5, 5.41) is 1.16. The molecule has 2 rings (SSSR count). The van der Waals surface area contributed by atoms with Crippen LogP contribution in [-0.2, 0) is 11.3 Å². The molecule has 0 saturated heterocycles. The molecule has 0 fully saturated rings. The molecule has 1 atom stereocenters. The second-order valence-electron chi connectivity index (χ2n) is 5.24. The summed E-state index contributed by atoms with van der Waals surface area (Å²) in [5.41, 5.74) is 8.75. The summed E-state index contributed by atoms with van der Waals surface area (Å²) < 4.78 is 6.02. The van der Waals surface area contributed by atoms with Crippen LogP contribution in [0.5, 0.6) is 0 Å². The van der Waals surface area contributed by atoms with E-state index in [1.807, 2.05) is 25.1 Å². The van der Waals surface area contributed by atoms with Crippen LogP contribution in [0.15, 0.2) is 30.3 Å². The molecule has 3 heteroatoms. The van der Waals surface area contributed by atoms with Crippen LogP contribution in [0.3, 0.4) is 0 Å². The Morgan fingerprint density at radius 1 is 1.32 bits per heavy atom. The number of rotatable bonds is 5. The van der Waals surface area contributed by atoms with Crippen molar-refractivity contribution in [2.75, 3.05) is 6.54 Å². The molecule has 0 saturated carbocycles. The Hall–Kier alpha value is -1.45. The highest BCUT2D eigenvalue weighted by Gasteiger charge is 2.21. The van der Waals surface area contributed by atoms with Gasteiger partial charge in [-0.05, 0) is 38.0 Å². The molecular weight excluding hydrogens is 236 g/mol. The zero-order chi connectivity index (χ0) is 13.9. The van der Waals surface area contributed by atoms with Crippen LogP contribution in [0.1, 0.15) is 31.5 Å². The summed E-state index contributed by atoms with van der Waals surface area (Å²) in [7, 11) is 0. The lowest BCUT2D eigenvalue weighted by molar-refractivity contribution is -0.0383. The summed E-state index contributed by atoms with van der Waals surface area (Å²) in [6, 6.07) is 10.3. The average Bonchev–Trinajstić information content (AvgIpc) is 2.44. The molecule has 19 heavy (non-hydrogen) atoms. The summed E-state index contributed by atoms with van der Waals surface area (Å²) in [6.07, 6.45) is 0.908. The number of hydrogen-bond donors (Lipinski definition) is 1. The van der Waals surface area contributed by atoms with E-state index in [0.29, 0.717) is 13.2 Å². The van der Waals surface area contributed by atoms with Gasteiger partial charge in [0.05, 0.1) is 17.7 Å². The van der Waals surface area contributed by atoms with Crippen molar-refractivity contribution in [2.45, 2.75) is 39.4 Å². The van der Waals surface area contributed by atoms with Crippen LogP contribution in [0.25, 0.3) is 10.9 Å². The quantitative estimate of drug-likeness (QED) is 0.896. The van der Waals surface area contributed by atoms with E-state index in [1.165, 1.54) is 5.56 Å². The van der Waals surface area contributed by atoms with Crippen molar-refractivity contribution in [1.29, 1.82) is 0 Å². The van der Waals surface area contributed by atoms with E-state index in [4.69, 9.17) is 10.5 Å². The highest BCUT2D eigenvalue weighted by molar-refractivity contribution is 5.82. The summed E-state index contributed by atoms with van der Waals surface area (Å²) in [5.74, 6) is 0.